The summed E-state index contributed by atoms with van der Waals surface area (Å²) in [4.78, 5) is 47.1. The predicted octanol–water partition coefficient (Wildman–Crippen LogP) is 1.97. The maximum Gasteiger partial charge on any atom is 0.315 e. The van der Waals surface area contributed by atoms with Gasteiger partial charge in [0.05, 0.1) is 84.6 Å². The summed E-state index contributed by atoms with van der Waals surface area (Å²) in [5.41, 5.74) is 0. The lowest BCUT2D eigenvalue weighted by molar-refractivity contribution is -0.136. The van der Waals surface area contributed by atoms with Crippen LogP contribution in [0, 0.1) is 23.3 Å². The lowest BCUT2D eigenvalue weighted by atomic mass is 10.0. The van der Waals surface area contributed by atoms with Crippen molar-refractivity contribution in [3.8, 4) is 5.75 Å². The summed E-state index contributed by atoms with van der Waals surface area (Å²) < 4.78 is 84.3. The summed E-state index contributed by atoms with van der Waals surface area (Å²) in [6.45, 7) is 2.93. The van der Waals surface area contributed by atoms with E-state index in [1.807, 2.05) is 11.8 Å². The van der Waals surface area contributed by atoms with Gasteiger partial charge < -0.3 is 49.7 Å². The van der Waals surface area contributed by atoms with Crippen LogP contribution in [-0.4, -0.2) is 126 Å². The van der Waals surface area contributed by atoms with Crippen LogP contribution in [0.1, 0.15) is 38.5 Å². The Bertz CT molecular complexity index is 1240. The highest BCUT2D eigenvalue weighted by Gasteiger charge is 2.42. The largest absolute Gasteiger partial charge is 0.420 e. The maximum absolute atomic E-state index is 13.5. The van der Waals surface area contributed by atoms with E-state index in [2.05, 4.69) is 26.0 Å². The Morgan fingerprint density at radius 2 is 1.22 bits per heavy atom. The Morgan fingerprint density at radius 3 is 1.78 bits per heavy atom. The van der Waals surface area contributed by atoms with Crippen molar-refractivity contribution in [2.45, 2.75) is 55.9 Å². The van der Waals surface area contributed by atoms with E-state index in [-0.39, 0.29) is 75.5 Å². The molecule has 3 rings (SSSR count). The van der Waals surface area contributed by atoms with Gasteiger partial charge in [0.1, 0.15) is 0 Å². The normalized spacial score (nSPS) is 17.9. The molecule has 0 unspecified atom stereocenters. The van der Waals surface area contributed by atoms with Gasteiger partial charge in [0.25, 0.3) is 0 Å². The van der Waals surface area contributed by atoms with E-state index in [1.165, 1.54) is 0 Å². The second kappa shape index (κ2) is 24.1. The molecule has 14 nitrogen and oxygen atoms in total. The van der Waals surface area contributed by atoms with Crippen LogP contribution in [0.2, 0.25) is 0 Å². The fourth-order valence-corrected chi connectivity index (χ4v) is 6.51. The Hall–Kier alpha value is -3.23. The number of carbonyl (C=O) groups is 4. The van der Waals surface area contributed by atoms with E-state index in [9.17, 15) is 36.7 Å². The minimum Gasteiger partial charge on any atom is -0.420 e. The zero-order valence-electron chi connectivity index (χ0n) is 28.2. The minimum atomic E-state index is -1.80. The average molecular weight is 755 g/mol. The molecular weight excluding hydrogens is 708 g/mol. The monoisotopic (exact) mass is 754 g/mol. The molecule has 3 atom stereocenters. The molecule has 19 heteroatoms. The zero-order chi connectivity index (χ0) is 36.8. The van der Waals surface area contributed by atoms with E-state index in [0.717, 1.165) is 25.0 Å². The van der Waals surface area contributed by atoms with Gasteiger partial charge >= 0.3 is 12.0 Å². The number of halogens is 4. The van der Waals surface area contributed by atoms with E-state index in [4.69, 9.17) is 23.7 Å². The van der Waals surface area contributed by atoms with Gasteiger partial charge in [-0.15, -0.1) is 0 Å². The van der Waals surface area contributed by atoms with E-state index in [1.54, 1.807) is 0 Å². The molecule has 2 aliphatic heterocycles. The Labute approximate surface area is 297 Å². The number of carbonyl (C=O) groups excluding carboxylic acids is 4. The summed E-state index contributed by atoms with van der Waals surface area (Å²) in [6.07, 6.45) is 2.85. The SMILES string of the molecule is O=C(CCCC[C@@H]1SC[C@@H]2NC(=O)N[C@@H]21)NCCNC(=O)CCOCCOCCOCCOCCOCCC(=O)Oc1c(F)c(F)cc(F)c1F. The first-order valence-electron chi connectivity index (χ1n) is 16.8. The highest BCUT2D eigenvalue weighted by Crippen LogP contribution is 2.33. The summed E-state index contributed by atoms with van der Waals surface area (Å²) in [5, 5.41) is 11.8. The summed E-state index contributed by atoms with van der Waals surface area (Å²) in [6, 6.07) is 0.297. The third kappa shape index (κ3) is 16.3. The van der Waals surface area contributed by atoms with Crippen LogP contribution >= 0.6 is 11.8 Å². The molecule has 0 aromatic heterocycles. The number of thioether (sulfide) groups is 1. The number of rotatable bonds is 27. The van der Waals surface area contributed by atoms with Crippen molar-refractivity contribution < 1.29 is 65.2 Å². The standard InChI is InChI=1S/C32H46F4N4O10S/c33-21-19-22(34)29(36)31(28(21)35)50-27(43)6-10-46-12-14-48-16-18-49-17-15-47-13-11-45-9-5-26(42)38-8-7-37-25(41)4-2-1-3-24-30-23(20-51-24)39-32(44)40-30/h19,23-24,30H,1-18,20H2,(H,37,41)(H,38,42)(H2,39,40,44)/t23-,24-,30-/m0/s1. The second-order valence-electron chi connectivity index (χ2n) is 11.4. The first-order valence-corrected chi connectivity index (χ1v) is 17.8. The molecule has 0 bridgehead atoms. The molecule has 1 aromatic rings. The van der Waals surface area contributed by atoms with E-state index < -0.39 is 41.4 Å². The number of amides is 4. The quantitative estimate of drug-likeness (QED) is 0.0259. The molecule has 4 amide bonds. The molecule has 0 radical (unpaired) electrons. The van der Waals surface area contributed by atoms with E-state index >= 15 is 0 Å². The topological polar surface area (TPSA) is 172 Å². The number of ether oxygens (including phenoxy) is 6. The van der Waals surface area contributed by atoms with Gasteiger partial charge in [0, 0.05) is 43.0 Å². The third-order valence-corrected chi connectivity index (χ3v) is 9.06. The number of esters is 1. The van der Waals surface area contributed by atoms with Gasteiger partial charge in [0.15, 0.2) is 11.6 Å². The number of benzene rings is 1. The van der Waals surface area contributed by atoms with Crippen molar-refractivity contribution in [1.82, 2.24) is 21.3 Å². The number of urea groups is 1. The third-order valence-electron chi connectivity index (χ3n) is 7.55. The summed E-state index contributed by atoms with van der Waals surface area (Å²) in [5.74, 6) is -8.85. The van der Waals surface area contributed by atoms with Gasteiger partial charge in [-0.2, -0.15) is 20.5 Å². The average Bonchev–Trinajstić information content (AvgIpc) is 3.66. The van der Waals surface area contributed by atoms with Crippen LogP contribution in [-0.2, 0) is 38.1 Å². The molecule has 0 saturated carbocycles. The molecular formula is C32H46F4N4O10S. The lowest BCUT2D eigenvalue weighted by Gasteiger charge is -2.16. The highest BCUT2D eigenvalue weighted by atomic mass is 32.2. The van der Waals surface area contributed by atoms with Crippen LogP contribution in [0.3, 0.4) is 0 Å². The van der Waals surface area contributed by atoms with Crippen molar-refractivity contribution >= 4 is 35.6 Å². The molecule has 288 valence electrons. The van der Waals surface area contributed by atoms with Crippen LogP contribution in [0.15, 0.2) is 6.07 Å². The predicted molar refractivity (Wildman–Crippen MR) is 175 cm³/mol. The number of hydrogen-bond acceptors (Lipinski definition) is 11. The number of hydrogen-bond donors (Lipinski definition) is 4. The van der Waals surface area contributed by atoms with Crippen LogP contribution in [0.25, 0.3) is 0 Å². The van der Waals surface area contributed by atoms with Crippen molar-refractivity contribution in [3.63, 3.8) is 0 Å². The van der Waals surface area contributed by atoms with Crippen molar-refractivity contribution in [3.05, 3.63) is 29.3 Å². The van der Waals surface area contributed by atoms with Crippen molar-refractivity contribution in [2.75, 3.05) is 84.9 Å². The van der Waals surface area contributed by atoms with Gasteiger partial charge in [-0.1, -0.05) is 6.42 Å². The van der Waals surface area contributed by atoms with Gasteiger partial charge in [-0.3, -0.25) is 14.4 Å². The maximum atomic E-state index is 13.5. The van der Waals surface area contributed by atoms with Crippen LogP contribution in [0.4, 0.5) is 22.4 Å². The van der Waals surface area contributed by atoms with Crippen LogP contribution in [0.5, 0.6) is 5.75 Å². The Balaban J connectivity index is 1.00. The van der Waals surface area contributed by atoms with E-state index in [0.29, 0.717) is 57.8 Å². The first kappa shape index (κ1) is 42.2. The molecule has 2 heterocycles. The minimum absolute atomic E-state index is 0.0104. The number of unbranched alkanes of at least 4 members (excludes halogenated alkanes) is 1. The number of nitrogens with one attached hydrogen (secondary N) is 4. The molecule has 2 aliphatic rings. The van der Waals surface area contributed by atoms with Crippen molar-refractivity contribution in [2.24, 2.45) is 0 Å². The van der Waals surface area contributed by atoms with Gasteiger partial charge in [-0.05, 0) is 12.8 Å². The smallest absolute Gasteiger partial charge is 0.315 e. The zero-order valence-corrected chi connectivity index (χ0v) is 29.1. The molecule has 51 heavy (non-hydrogen) atoms. The number of fused-ring (bicyclic) bond motifs is 1. The highest BCUT2D eigenvalue weighted by molar-refractivity contribution is 8.00. The molecule has 0 spiro atoms. The fraction of sp³-hybridized carbons (Fsp3) is 0.688. The summed E-state index contributed by atoms with van der Waals surface area (Å²) >= 11 is 1.86. The summed E-state index contributed by atoms with van der Waals surface area (Å²) in [7, 11) is 0. The molecule has 1 aromatic carbocycles. The van der Waals surface area contributed by atoms with Crippen molar-refractivity contribution in [1.29, 1.82) is 0 Å². The molecule has 4 N–H and O–H groups in total. The Morgan fingerprint density at radius 1 is 0.706 bits per heavy atom. The fourth-order valence-electron chi connectivity index (χ4n) is 4.96. The van der Waals surface area contributed by atoms with Gasteiger partial charge in [-0.25, -0.2) is 13.6 Å². The van der Waals surface area contributed by atoms with Gasteiger partial charge in [0.2, 0.25) is 29.2 Å². The Kier molecular flexibility index (Phi) is 19.9. The second-order valence-corrected chi connectivity index (χ2v) is 12.7. The molecule has 0 aliphatic carbocycles. The molecule has 2 saturated heterocycles. The first-order chi connectivity index (χ1) is 24.7. The molecule has 2 fully saturated rings. The lowest BCUT2D eigenvalue weighted by Crippen LogP contribution is -2.36. The van der Waals surface area contributed by atoms with Crippen LogP contribution < -0.4 is 26.0 Å².